The monoisotopic (exact) mass is 304 g/mol. The van der Waals surface area contributed by atoms with Gasteiger partial charge in [0.05, 0.1) is 12.1 Å². The van der Waals surface area contributed by atoms with Crippen LogP contribution in [-0.2, 0) is 9.59 Å². The van der Waals surface area contributed by atoms with Gasteiger partial charge in [0, 0.05) is 17.0 Å². The molecule has 21 heavy (non-hydrogen) atoms. The van der Waals surface area contributed by atoms with Crippen LogP contribution in [0.5, 0.6) is 0 Å². The van der Waals surface area contributed by atoms with Crippen LogP contribution in [0.1, 0.15) is 18.9 Å². The van der Waals surface area contributed by atoms with Gasteiger partial charge in [-0.2, -0.15) is 10.2 Å². The van der Waals surface area contributed by atoms with Crippen LogP contribution in [0.4, 0.5) is 0 Å². The normalized spacial score (nSPS) is 17.7. The molecule has 2 amide bonds. The quantitative estimate of drug-likeness (QED) is 0.489. The summed E-state index contributed by atoms with van der Waals surface area (Å²) in [4.78, 5) is 24.3. The van der Waals surface area contributed by atoms with E-state index < -0.39 is 5.92 Å². The van der Waals surface area contributed by atoms with Crippen molar-refractivity contribution in [3.63, 3.8) is 0 Å². The first-order valence-electron chi connectivity index (χ1n) is 6.40. The fraction of sp³-hybridized carbons (Fsp3) is 0.286. The average molecular weight is 304 g/mol. The fourth-order valence-electron chi connectivity index (χ4n) is 1.83. The molecule has 0 radical (unpaired) electrons. The highest BCUT2D eigenvalue weighted by Gasteiger charge is 2.28. The molecular weight excluding hydrogens is 288 g/mol. The molecule has 1 aliphatic heterocycles. The van der Waals surface area contributed by atoms with Crippen molar-refractivity contribution in [2.24, 2.45) is 16.1 Å². The highest BCUT2D eigenvalue weighted by molar-refractivity contribution is 7.98. The SMILES string of the molecule is CSc1ccc(/C=N/NC(=O)CC2C(=O)NN=C2C)cc1. The summed E-state index contributed by atoms with van der Waals surface area (Å²) < 4.78 is 0. The minimum Gasteiger partial charge on any atom is -0.273 e. The Bertz CT molecular complexity index is 595. The van der Waals surface area contributed by atoms with Gasteiger partial charge in [-0.1, -0.05) is 12.1 Å². The Morgan fingerprint density at radius 2 is 2.19 bits per heavy atom. The smallest absolute Gasteiger partial charge is 0.249 e. The second kappa shape index (κ2) is 7.03. The maximum atomic E-state index is 11.7. The van der Waals surface area contributed by atoms with Gasteiger partial charge in [-0.05, 0) is 30.9 Å². The Kier molecular flexibility index (Phi) is 5.10. The predicted molar refractivity (Wildman–Crippen MR) is 83.3 cm³/mol. The van der Waals surface area contributed by atoms with Gasteiger partial charge in [-0.3, -0.25) is 9.59 Å². The number of nitrogens with one attached hydrogen (secondary N) is 2. The van der Waals surface area contributed by atoms with E-state index in [1.807, 2.05) is 30.5 Å². The maximum Gasteiger partial charge on any atom is 0.249 e. The lowest BCUT2D eigenvalue weighted by atomic mass is 10.0. The molecular formula is C14H16N4O2S. The molecule has 1 heterocycles. The van der Waals surface area contributed by atoms with Crippen LogP contribution in [0, 0.1) is 5.92 Å². The van der Waals surface area contributed by atoms with Crippen molar-refractivity contribution in [2.45, 2.75) is 18.2 Å². The van der Waals surface area contributed by atoms with Gasteiger partial charge in [0.1, 0.15) is 0 Å². The highest BCUT2D eigenvalue weighted by Crippen LogP contribution is 2.14. The number of hydrogen-bond acceptors (Lipinski definition) is 5. The lowest BCUT2D eigenvalue weighted by molar-refractivity contribution is -0.127. The molecule has 1 aromatic carbocycles. The van der Waals surface area contributed by atoms with Crippen LogP contribution in [-0.4, -0.2) is 30.0 Å². The van der Waals surface area contributed by atoms with E-state index in [2.05, 4.69) is 21.1 Å². The van der Waals surface area contributed by atoms with Gasteiger partial charge in [-0.25, -0.2) is 10.9 Å². The van der Waals surface area contributed by atoms with Crippen molar-refractivity contribution in [1.82, 2.24) is 10.9 Å². The second-order valence-electron chi connectivity index (χ2n) is 4.55. The Morgan fingerprint density at radius 3 is 2.76 bits per heavy atom. The number of benzene rings is 1. The lowest BCUT2D eigenvalue weighted by Crippen LogP contribution is -2.29. The predicted octanol–water partition coefficient (Wildman–Crippen LogP) is 1.37. The third kappa shape index (κ3) is 4.16. The zero-order chi connectivity index (χ0) is 15.2. The standard InChI is InChI=1S/C14H16N4O2S/c1-9-12(14(20)18-16-9)7-13(19)17-15-8-10-3-5-11(21-2)6-4-10/h3-6,8,12H,7H2,1-2H3,(H,17,19)(H,18,20)/b15-8+. The third-order valence-electron chi connectivity index (χ3n) is 3.07. The molecule has 2 rings (SSSR count). The van der Waals surface area contributed by atoms with E-state index in [1.54, 1.807) is 24.9 Å². The number of carbonyl (C=O) groups excluding carboxylic acids is 2. The molecule has 0 aromatic heterocycles. The van der Waals surface area contributed by atoms with Crippen molar-refractivity contribution < 1.29 is 9.59 Å². The van der Waals surface area contributed by atoms with Gasteiger partial charge in [0.25, 0.3) is 0 Å². The molecule has 7 heteroatoms. The van der Waals surface area contributed by atoms with Gasteiger partial charge >= 0.3 is 0 Å². The van der Waals surface area contributed by atoms with Crippen molar-refractivity contribution in [1.29, 1.82) is 0 Å². The average Bonchev–Trinajstić information content (AvgIpc) is 2.80. The van der Waals surface area contributed by atoms with E-state index in [-0.39, 0.29) is 18.2 Å². The van der Waals surface area contributed by atoms with Crippen LogP contribution in [0.15, 0.2) is 39.4 Å². The lowest BCUT2D eigenvalue weighted by Gasteiger charge is -2.05. The molecule has 0 bridgehead atoms. The van der Waals surface area contributed by atoms with Crippen molar-refractivity contribution >= 4 is 35.5 Å². The number of hydrogen-bond donors (Lipinski definition) is 2. The number of hydrazone groups is 2. The first-order chi connectivity index (χ1) is 10.1. The summed E-state index contributed by atoms with van der Waals surface area (Å²) in [7, 11) is 0. The molecule has 1 aliphatic rings. The van der Waals surface area contributed by atoms with Gasteiger partial charge < -0.3 is 0 Å². The number of thioether (sulfide) groups is 1. The van der Waals surface area contributed by atoms with Crippen LogP contribution >= 0.6 is 11.8 Å². The van der Waals surface area contributed by atoms with E-state index in [1.165, 1.54) is 0 Å². The number of rotatable bonds is 5. The van der Waals surface area contributed by atoms with Crippen LogP contribution in [0.3, 0.4) is 0 Å². The van der Waals surface area contributed by atoms with E-state index in [0.29, 0.717) is 5.71 Å². The molecule has 0 aliphatic carbocycles. The molecule has 0 saturated heterocycles. The molecule has 1 unspecified atom stereocenters. The summed E-state index contributed by atoms with van der Waals surface area (Å²) in [6.07, 6.45) is 3.62. The second-order valence-corrected chi connectivity index (χ2v) is 5.43. The molecule has 6 nitrogen and oxygen atoms in total. The Balaban J connectivity index is 1.84. The van der Waals surface area contributed by atoms with Crippen molar-refractivity contribution in [3.05, 3.63) is 29.8 Å². The topological polar surface area (TPSA) is 82.9 Å². The van der Waals surface area contributed by atoms with E-state index >= 15 is 0 Å². The first kappa shape index (κ1) is 15.2. The molecule has 0 spiro atoms. The molecule has 1 atom stereocenters. The minimum absolute atomic E-state index is 0.0456. The number of amides is 2. The molecule has 110 valence electrons. The highest BCUT2D eigenvalue weighted by atomic mass is 32.2. The molecule has 2 N–H and O–H groups in total. The summed E-state index contributed by atoms with van der Waals surface area (Å²) in [5, 5.41) is 7.68. The zero-order valence-corrected chi connectivity index (χ0v) is 12.6. The third-order valence-corrected chi connectivity index (χ3v) is 3.81. The summed E-state index contributed by atoms with van der Waals surface area (Å²) in [6.45, 7) is 1.71. The maximum absolute atomic E-state index is 11.7. The number of carbonyl (C=O) groups is 2. The van der Waals surface area contributed by atoms with E-state index in [9.17, 15) is 9.59 Å². The summed E-state index contributed by atoms with van der Waals surface area (Å²) >= 11 is 1.66. The summed E-state index contributed by atoms with van der Waals surface area (Å²) in [5.41, 5.74) is 6.27. The zero-order valence-electron chi connectivity index (χ0n) is 11.8. The molecule has 1 aromatic rings. The van der Waals surface area contributed by atoms with Crippen LogP contribution in [0.2, 0.25) is 0 Å². The summed E-state index contributed by atoms with van der Waals surface area (Å²) in [5.74, 6) is -1.07. The van der Waals surface area contributed by atoms with Crippen LogP contribution < -0.4 is 10.9 Å². The molecule has 0 saturated carbocycles. The summed E-state index contributed by atoms with van der Waals surface area (Å²) in [6, 6.07) is 7.80. The Hall–Kier alpha value is -2.15. The van der Waals surface area contributed by atoms with Crippen LogP contribution in [0.25, 0.3) is 0 Å². The Morgan fingerprint density at radius 1 is 1.48 bits per heavy atom. The van der Waals surface area contributed by atoms with E-state index in [0.717, 1.165) is 10.5 Å². The Labute approximate surface area is 127 Å². The molecule has 0 fully saturated rings. The van der Waals surface area contributed by atoms with E-state index in [4.69, 9.17) is 0 Å². The van der Waals surface area contributed by atoms with Crippen molar-refractivity contribution in [3.8, 4) is 0 Å². The first-order valence-corrected chi connectivity index (χ1v) is 7.62. The van der Waals surface area contributed by atoms with Crippen molar-refractivity contribution in [2.75, 3.05) is 6.26 Å². The minimum atomic E-state index is -0.499. The van der Waals surface area contributed by atoms with Gasteiger partial charge in [0.2, 0.25) is 11.8 Å². The largest absolute Gasteiger partial charge is 0.273 e. The fourth-order valence-corrected chi connectivity index (χ4v) is 2.24. The number of nitrogens with zero attached hydrogens (tertiary/aromatic N) is 2. The van der Waals surface area contributed by atoms with Gasteiger partial charge in [-0.15, -0.1) is 11.8 Å². The van der Waals surface area contributed by atoms with Gasteiger partial charge in [0.15, 0.2) is 0 Å².